The summed E-state index contributed by atoms with van der Waals surface area (Å²) >= 11 is 0. The second-order valence-electron chi connectivity index (χ2n) is 2.91. The predicted molar refractivity (Wildman–Crippen MR) is 52.7 cm³/mol. The van der Waals surface area contributed by atoms with Gasteiger partial charge in [-0.2, -0.15) is 4.98 Å². The van der Waals surface area contributed by atoms with Gasteiger partial charge in [0.15, 0.2) is 0 Å². The van der Waals surface area contributed by atoms with Crippen LogP contribution in [0.15, 0.2) is 28.8 Å². The van der Waals surface area contributed by atoms with E-state index in [9.17, 15) is 4.79 Å². The van der Waals surface area contributed by atoms with Gasteiger partial charge in [-0.1, -0.05) is 5.16 Å². The van der Waals surface area contributed by atoms with E-state index in [0.29, 0.717) is 17.1 Å². The van der Waals surface area contributed by atoms with E-state index in [4.69, 9.17) is 11.5 Å². The fourth-order valence-corrected chi connectivity index (χ4v) is 1.07. The highest BCUT2D eigenvalue weighted by molar-refractivity contribution is 5.88. The minimum Gasteiger partial charge on any atom is -0.399 e. The molecule has 2 rings (SSSR count). The third kappa shape index (κ3) is 1.78. The molecular weight excluding hydrogens is 196 g/mol. The smallest absolute Gasteiger partial charge is 0.316 e. The van der Waals surface area contributed by atoms with Crippen LogP contribution in [0.3, 0.4) is 0 Å². The number of nitrogen functional groups attached to an aromatic ring is 1. The van der Waals surface area contributed by atoms with Crippen LogP contribution in [0, 0.1) is 0 Å². The summed E-state index contributed by atoms with van der Waals surface area (Å²) in [5.41, 5.74) is 11.8. The van der Waals surface area contributed by atoms with Crippen molar-refractivity contribution in [2.75, 3.05) is 5.73 Å². The number of nitrogens with two attached hydrogens (primary N) is 2. The largest absolute Gasteiger partial charge is 0.399 e. The summed E-state index contributed by atoms with van der Waals surface area (Å²) in [6.07, 6.45) is 0. The standard InChI is InChI=1S/C9H8N4O2/c10-6-3-1-5(2-4-6)8-12-9(7(11)14)15-13-8/h1-4H,10H2,(H2,11,14). The lowest BCUT2D eigenvalue weighted by atomic mass is 10.2. The molecule has 0 aliphatic carbocycles. The van der Waals surface area contributed by atoms with Gasteiger partial charge in [0.25, 0.3) is 0 Å². The molecule has 6 heteroatoms. The van der Waals surface area contributed by atoms with Gasteiger partial charge in [-0.3, -0.25) is 4.79 Å². The molecule has 0 saturated heterocycles. The maximum Gasteiger partial charge on any atom is 0.316 e. The van der Waals surface area contributed by atoms with E-state index in [0.717, 1.165) is 0 Å². The second kappa shape index (κ2) is 3.41. The number of hydrogen-bond acceptors (Lipinski definition) is 5. The molecule has 0 fully saturated rings. The van der Waals surface area contributed by atoms with Gasteiger partial charge in [0.05, 0.1) is 0 Å². The maximum atomic E-state index is 10.7. The van der Waals surface area contributed by atoms with E-state index in [2.05, 4.69) is 14.7 Å². The molecule has 15 heavy (non-hydrogen) atoms. The van der Waals surface area contributed by atoms with E-state index in [1.54, 1.807) is 24.3 Å². The lowest BCUT2D eigenvalue weighted by molar-refractivity contribution is 0.0958. The summed E-state index contributed by atoms with van der Waals surface area (Å²) in [6.45, 7) is 0. The minimum absolute atomic E-state index is 0.207. The van der Waals surface area contributed by atoms with Gasteiger partial charge >= 0.3 is 11.8 Å². The predicted octanol–water partition coefficient (Wildman–Crippen LogP) is 0.418. The third-order valence-corrected chi connectivity index (χ3v) is 1.81. The maximum absolute atomic E-state index is 10.7. The van der Waals surface area contributed by atoms with Crippen molar-refractivity contribution < 1.29 is 9.32 Å². The number of carbonyl (C=O) groups is 1. The molecule has 76 valence electrons. The van der Waals surface area contributed by atoms with E-state index in [-0.39, 0.29) is 5.89 Å². The number of benzene rings is 1. The van der Waals surface area contributed by atoms with Gasteiger partial charge in [-0.15, -0.1) is 0 Å². The van der Waals surface area contributed by atoms with Gasteiger partial charge in [-0.05, 0) is 24.3 Å². The Morgan fingerprint density at radius 2 is 1.93 bits per heavy atom. The van der Waals surface area contributed by atoms with Crippen molar-refractivity contribution in [3.8, 4) is 11.4 Å². The van der Waals surface area contributed by atoms with Crippen LogP contribution in [0.5, 0.6) is 0 Å². The number of primary amides is 1. The van der Waals surface area contributed by atoms with Gasteiger partial charge < -0.3 is 16.0 Å². The quantitative estimate of drug-likeness (QED) is 0.689. The molecule has 0 saturated carbocycles. The third-order valence-electron chi connectivity index (χ3n) is 1.81. The summed E-state index contributed by atoms with van der Waals surface area (Å²) < 4.78 is 4.64. The Morgan fingerprint density at radius 3 is 2.47 bits per heavy atom. The first-order chi connectivity index (χ1) is 7.16. The van der Waals surface area contributed by atoms with Gasteiger partial charge in [0.1, 0.15) is 0 Å². The van der Waals surface area contributed by atoms with Crippen molar-refractivity contribution in [3.05, 3.63) is 30.2 Å². The van der Waals surface area contributed by atoms with Crippen molar-refractivity contribution in [2.24, 2.45) is 5.73 Å². The van der Waals surface area contributed by atoms with Gasteiger partial charge in [-0.25, -0.2) is 0 Å². The molecule has 1 aromatic carbocycles. The molecule has 0 aliphatic rings. The van der Waals surface area contributed by atoms with Crippen LogP contribution >= 0.6 is 0 Å². The van der Waals surface area contributed by atoms with E-state index >= 15 is 0 Å². The Balaban J connectivity index is 2.37. The summed E-state index contributed by atoms with van der Waals surface area (Å²) in [7, 11) is 0. The number of anilines is 1. The lowest BCUT2D eigenvalue weighted by Gasteiger charge is -1.94. The summed E-state index contributed by atoms with van der Waals surface area (Å²) in [6, 6.07) is 6.86. The van der Waals surface area contributed by atoms with Crippen molar-refractivity contribution in [1.29, 1.82) is 0 Å². The number of amides is 1. The average Bonchev–Trinajstić information content (AvgIpc) is 2.68. The van der Waals surface area contributed by atoms with Crippen LogP contribution < -0.4 is 11.5 Å². The zero-order valence-corrected chi connectivity index (χ0v) is 7.68. The number of aromatic nitrogens is 2. The molecule has 0 atom stereocenters. The zero-order chi connectivity index (χ0) is 10.8. The number of nitrogens with zero attached hydrogens (tertiary/aromatic N) is 2. The van der Waals surface area contributed by atoms with Crippen LogP contribution in [0.1, 0.15) is 10.7 Å². The molecule has 4 N–H and O–H groups in total. The molecule has 0 unspecified atom stereocenters. The molecule has 2 aromatic rings. The highest BCUT2D eigenvalue weighted by atomic mass is 16.5. The molecule has 1 aromatic heterocycles. The summed E-state index contributed by atoms with van der Waals surface area (Å²) in [4.78, 5) is 14.5. The lowest BCUT2D eigenvalue weighted by Crippen LogP contribution is -2.10. The number of hydrogen-bond donors (Lipinski definition) is 2. The van der Waals surface area contributed by atoms with E-state index < -0.39 is 5.91 Å². The fraction of sp³-hybridized carbons (Fsp3) is 0. The summed E-state index contributed by atoms with van der Waals surface area (Å²) in [5.74, 6) is -0.644. The Morgan fingerprint density at radius 1 is 1.27 bits per heavy atom. The normalized spacial score (nSPS) is 10.1. The average molecular weight is 204 g/mol. The Kier molecular flexibility index (Phi) is 2.09. The molecule has 1 heterocycles. The molecule has 0 radical (unpaired) electrons. The second-order valence-corrected chi connectivity index (χ2v) is 2.91. The topological polar surface area (TPSA) is 108 Å². The summed E-state index contributed by atoms with van der Waals surface area (Å²) in [5, 5.41) is 3.61. The SMILES string of the molecule is NC(=O)c1nc(-c2ccc(N)cc2)no1. The molecule has 6 nitrogen and oxygen atoms in total. The molecule has 0 spiro atoms. The van der Waals surface area contributed by atoms with Crippen LogP contribution in [0.25, 0.3) is 11.4 Å². The van der Waals surface area contributed by atoms with Crippen molar-refractivity contribution >= 4 is 11.6 Å². The Labute approximate surface area is 84.9 Å². The first kappa shape index (κ1) is 9.20. The Hall–Kier alpha value is -2.37. The fourth-order valence-electron chi connectivity index (χ4n) is 1.07. The van der Waals surface area contributed by atoms with Gasteiger partial charge in [0.2, 0.25) is 5.82 Å². The van der Waals surface area contributed by atoms with Gasteiger partial charge in [0, 0.05) is 11.3 Å². The van der Waals surface area contributed by atoms with Crippen molar-refractivity contribution in [2.45, 2.75) is 0 Å². The van der Waals surface area contributed by atoms with E-state index in [1.165, 1.54) is 0 Å². The van der Waals surface area contributed by atoms with Crippen molar-refractivity contribution in [3.63, 3.8) is 0 Å². The highest BCUT2D eigenvalue weighted by Gasteiger charge is 2.12. The van der Waals surface area contributed by atoms with Crippen molar-refractivity contribution in [1.82, 2.24) is 10.1 Å². The minimum atomic E-state index is -0.746. The first-order valence-electron chi connectivity index (χ1n) is 4.16. The number of carbonyl (C=O) groups excluding carboxylic acids is 1. The molecule has 1 amide bonds. The molecule has 0 bridgehead atoms. The van der Waals surface area contributed by atoms with Crippen LogP contribution in [0.4, 0.5) is 5.69 Å². The Bertz CT molecular complexity index is 489. The van der Waals surface area contributed by atoms with Crippen LogP contribution in [0.2, 0.25) is 0 Å². The monoisotopic (exact) mass is 204 g/mol. The highest BCUT2D eigenvalue weighted by Crippen LogP contribution is 2.16. The van der Waals surface area contributed by atoms with E-state index in [1.807, 2.05) is 0 Å². The zero-order valence-electron chi connectivity index (χ0n) is 7.68. The first-order valence-corrected chi connectivity index (χ1v) is 4.16. The molecule has 0 aliphatic heterocycles. The van der Waals surface area contributed by atoms with Crippen LogP contribution in [-0.2, 0) is 0 Å². The molecular formula is C9H8N4O2. The van der Waals surface area contributed by atoms with Crippen LogP contribution in [-0.4, -0.2) is 16.0 Å². The number of rotatable bonds is 2.